The molecule has 2 aromatic carbocycles. The Kier molecular flexibility index (Phi) is 5.18. The number of sulfonamides is 1. The predicted molar refractivity (Wildman–Crippen MR) is 129 cm³/mol. The maximum absolute atomic E-state index is 14.3. The molecule has 1 aliphatic carbocycles. The number of thiophene rings is 1. The first kappa shape index (κ1) is 21.0. The number of carbonyl (C=O) groups excluding carboxylic acids is 1. The molecule has 1 N–H and O–H groups in total. The number of anilines is 2. The fourth-order valence-corrected chi connectivity index (χ4v) is 7.39. The Morgan fingerprint density at radius 1 is 1.03 bits per heavy atom. The van der Waals surface area contributed by atoms with Crippen LogP contribution in [0, 0.1) is 13.8 Å². The van der Waals surface area contributed by atoms with Gasteiger partial charge in [-0.25, -0.2) is 8.42 Å². The van der Waals surface area contributed by atoms with E-state index in [0.29, 0.717) is 35.4 Å². The Hall–Kier alpha value is -2.90. The van der Waals surface area contributed by atoms with Crippen LogP contribution < -0.4 is 9.62 Å². The summed E-state index contributed by atoms with van der Waals surface area (Å²) in [4.78, 5) is 14.3. The van der Waals surface area contributed by atoms with Crippen molar-refractivity contribution in [1.82, 2.24) is 0 Å². The van der Waals surface area contributed by atoms with Crippen molar-refractivity contribution < 1.29 is 13.2 Å². The van der Waals surface area contributed by atoms with Crippen molar-refractivity contribution >= 4 is 38.5 Å². The average Bonchev–Trinajstić information content (AvgIpc) is 3.22. The smallest absolute Gasteiger partial charge is 0.265 e. The van der Waals surface area contributed by atoms with E-state index in [1.165, 1.54) is 15.6 Å². The number of rotatable bonds is 3. The molecule has 1 aromatic heterocycles. The number of carbonyl (C=O) groups is 1. The average molecular weight is 465 g/mol. The second-order valence-electron chi connectivity index (χ2n) is 8.30. The van der Waals surface area contributed by atoms with E-state index >= 15 is 0 Å². The molecular formula is C25H24N2O3S2. The second kappa shape index (κ2) is 7.90. The standard InChI is InChI=1S/C25H24N2O3S2/c1-16-12-13-23(17(2)15-16)32(29,30)27-20-9-4-3-7-18(20)26-19-8-5-10-21(28)24(19)25(27)22-11-6-14-31-22/h3-4,6-7,9,11-15,25-26H,5,8,10H2,1-2H3. The monoisotopic (exact) mass is 464 g/mol. The fourth-order valence-electron chi connectivity index (χ4n) is 4.67. The van der Waals surface area contributed by atoms with Crippen LogP contribution in [-0.4, -0.2) is 14.2 Å². The normalized spacial score (nSPS) is 18.6. The van der Waals surface area contributed by atoms with Gasteiger partial charge >= 0.3 is 0 Å². The van der Waals surface area contributed by atoms with Crippen molar-refractivity contribution in [3.05, 3.63) is 87.3 Å². The second-order valence-corrected chi connectivity index (χ2v) is 11.1. The Bertz CT molecular complexity index is 1340. The Labute approximate surface area is 192 Å². The molecule has 2 aliphatic rings. The molecule has 3 aromatic rings. The Morgan fingerprint density at radius 3 is 2.59 bits per heavy atom. The maximum atomic E-state index is 14.3. The number of allylic oxidation sites excluding steroid dienone is 1. The molecule has 1 unspecified atom stereocenters. The number of ketones is 1. The Balaban J connectivity index is 1.83. The lowest BCUT2D eigenvalue weighted by Crippen LogP contribution is -2.38. The van der Waals surface area contributed by atoms with Gasteiger partial charge in [0.15, 0.2) is 5.78 Å². The zero-order chi connectivity index (χ0) is 22.5. The molecule has 164 valence electrons. The third-order valence-corrected chi connectivity index (χ3v) is 8.94. The van der Waals surface area contributed by atoms with Crippen LogP contribution >= 0.6 is 11.3 Å². The summed E-state index contributed by atoms with van der Waals surface area (Å²) in [5, 5.41) is 5.34. The fraction of sp³-hybridized carbons (Fsp3) is 0.240. The number of nitrogens with one attached hydrogen (secondary N) is 1. The van der Waals surface area contributed by atoms with E-state index in [9.17, 15) is 13.2 Å². The van der Waals surface area contributed by atoms with Gasteiger partial charge in [-0.05, 0) is 61.9 Å². The van der Waals surface area contributed by atoms with Gasteiger partial charge in [0.05, 0.1) is 16.3 Å². The number of para-hydroxylation sites is 2. The van der Waals surface area contributed by atoms with Gasteiger partial charge in [0, 0.05) is 22.6 Å². The summed E-state index contributed by atoms with van der Waals surface area (Å²) in [6.07, 6.45) is 1.90. The van der Waals surface area contributed by atoms with Gasteiger partial charge in [0.25, 0.3) is 10.0 Å². The SMILES string of the molecule is Cc1ccc(S(=O)(=O)N2c3ccccc3NC3=C(C(=O)CCC3)C2c2cccs2)c(C)c1. The molecule has 5 nitrogen and oxygen atoms in total. The van der Waals surface area contributed by atoms with Crippen LogP contribution in [-0.2, 0) is 14.8 Å². The minimum Gasteiger partial charge on any atom is -0.357 e. The van der Waals surface area contributed by atoms with Gasteiger partial charge < -0.3 is 5.32 Å². The summed E-state index contributed by atoms with van der Waals surface area (Å²) < 4.78 is 30.0. The minimum absolute atomic E-state index is 0.00536. The van der Waals surface area contributed by atoms with Crippen LogP contribution in [0.4, 0.5) is 11.4 Å². The molecule has 0 fully saturated rings. The topological polar surface area (TPSA) is 66.5 Å². The molecule has 2 heterocycles. The Morgan fingerprint density at radius 2 is 1.84 bits per heavy atom. The van der Waals surface area contributed by atoms with Crippen LogP contribution in [0.2, 0.25) is 0 Å². The first-order chi connectivity index (χ1) is 15.4. The largest absolute Gasteiger partial charge is 0.357 e. The highest BCUT2D eigenvalue weighted by Gasteiger charge is 2.43. The van der Waals surface area contributed by atoms with Gasteiger partial charge in [-0.1, -0.05) is 35.9 Å². The van der Waals surface area contributed by atoms with Gasteiger partial charge in [0.1, 0.15) is 6.04 Å². The molecule has 1 atom stereocenters. The number of aryl methyl sites for hydroxylation is 2. The van der Waals surface area contributed by atoms with Gasteiger partial charge in [-0.3, -0.25) is 9.10 Å². The van der Waals surface area contributed by atoms with Crippen molar-refractivity contribution in [2.45, 2.75) is 44.0 Å². The van der Waals surface area contributed by atoms with Crippen LogP contribution in [0.1, 0.15) is 41.3 Å². The first-order valence-corrected chi connectivity index (χ1v) is 13.0. The third kappa shape index (κ3) is 3.36. The number of fused-ring (bicyclic) bond motifs is 1. The van der Waals surface area contributed by atoms with Gasteiger partial charge in [0.2, 0.25) is 0 Å². The number of hydrogen-bond donors (Lipinski definition) is 1. The lowest BCUT2D eigenvalue weighted by molar-refractivity contribution is -0.116. The molecule has 0 spiro atoms. The highest BCUT2D eigenvalue weighted by Crippen LogP contribution is 2.48. The molecule has 0 radical (unpaired) electrons. The lowest BCUT2D eigenvalue weighted by Gasteiger charge is -2.34. The highest BCUT2D eigenvalue weighted by molar-refractivity contribution is 7.93. The summed E-state index contributed by atoms with van der Waals surface area (Å²) in [7, 11) is -3.98. The number of benzene rings is 2. The minimum atomic E-state index is -3.98. The van der Waals surface area contributed by atoms with Crippen LogP contribution in [0.15, 0.2) is 76.1 Å². The van der Waals surface area contributed by atoms with Crippen molar-refractivity contribution in [3.63, 3.8) is 0 Å². The van der Waals surface area contributed by atoms with E-state index in [1.54, 1.807) is 6.07 Å². The van der Waals surface area contributed by atoms with Gasteiger partial charge in [-0.2, -0.15) is 0 Å². The van der Waals surface area contributed by atoms with Crippen LogP contribution in [0.25, 0.3) is 0 Å². The molecule has 32 heavy (non-hydrogen) atoms. The molecule has 0 bridgehead atoms. The summed E-state index contributed by atoms with van der Waals surface area (Å²) in [6.45, 7) is 3.76. The van der Waals surface area contributed by atoms with Crippen molar-refractivity contribution in [2.24, 2.45) is 0 Å². The van der Waals surface area contributed by atoms with E-state index in [0.717, 1.165) is 22.6 Å². The van der Waals surface area contributed by atoms with Gasteiger partial charge in [-0.15, -0.1) is 11.3 Å². The maximum Gasteiger partial charge on any atom is 0.265 e. The quantitative estimate of drug-likeness (QED) is 0.537. The van der Waals surface area contributed by atoms with Crippen molar-refractivity contribution in [2.75, 3.05) is 9.62 Å². The van der Waals surface area contributed by atoms with Crippen molar-refractivity contribution in [3.8, 4) is 0 Å². The molecule has 5 rings (SSSR count). The van der Waals surface area contributed by atoms with Crippen molar-refractivity contribution in [1.29, 1.82) is 0 Å². The zero-order valence-electron chi connectivity index (χ0n) is 18.0. The zero-order valence-corrected chi connectivity index (χ0v) is 19.6. The first-order valence-electron chi connectivity index (χ1n) is 10.7. The molecule has 0 saturated heterocycles. The summed E-state index contributed by atoms with van der Waals surface area (Å²) in [5.41, 5.74) is 4.32. The van der Waals surface area contributed by atoms with E-state index in [1.807, 2.05) is 67.8 Å². The predicted octanol–water partition coefficient (Wildman–Crippen LogP) is 5.73. The molecule has 1 aliphatic heterocycles. The van der Waals surface area contributed by atoms with E-state index in [2.05, 4.69) is 5.32 Å². The van der Waals surface area contributed by atoms with E-state index in [-0.39, 0.29) is 10.7 Å². The summed E-state index contributed by atoms with van der Waals surface area (Å²) >= 11 is 1.47. The molecule has 7 heteroatoms. The number of Topliss-reactive ketones (excluding diaryl/α,β-unsaturated/α-hetero) is 1. The molecule has 0 amide bonds. The third-order valence-electron chi connectivity index (χ3n) is 6.07. The summed E-state index contributed by atoms with van der Waals surface area (Å²) in [6, 6.07) is 15.9. The number of hydrogen-bond acceptors (Lipinski definition) is 5. The van der Waals surface area contributed by atoms with Crippen LogP contribution in [0.3, 0.4) is 0 Å². The number of nitrogens with zero attached hydrogens (tertiary/aromatic N) is 1. The molecule has 0 saturated carbocycles. The van der Waals surface area contributed by atoms with E-state index in [4.69, 9.17) is 0 Å². The molecular weight excluding hydrogens is 440 g/mol. The lowest BCUT2D eigenvalue weighted by atomic mass is 9.89. The highest BCUT2D eigenvalue weighted by atomic mass is 32.2. The van der Waals surface area contributed by atoms with Crippen LogP contribution in [0.5, 0.6) is 0 Å². The van der Waals surface area contributed by atoms with E-state index < -0.39 is 16.1 Å². The summed E-state index contributed by atoms with van der Waals surface area (Å²) in [5.74, 6) is 0.00536.